The zero-order valence-corrected chi connectivity index (χ0v) is 9.57. The van der Waals surface area contributed by atoms with Crippen LogP contribution < -0.4 is 4.40 Å². The van der Waals surface area contributed by atoms with Crippen molar-refractivity contribution in [3.63, 3.8) is 0 Å². The number of aromatic nitrogens is 1. The predicted molar refractivity (Wildman–Crippen MR) is 63.6 cm³/mol. The van der Waals surface area contributed by atoms with Gasteiger partial charge in [0.05, 0.1) is 11.8 Å². The molecule has 0 saturated heterocycles. The normalized spacial score (nSPS) is 13.1. The van der Waals surface area contributed by atoms with Crippen LogP contribution in [0.1, 0.15) is 11.3 Å². The predicted octanol–water partition coefficient (Wildman–Crippen LogP) is 3.12. The molecule has 2 aromatic heterocycles. The van der Waals surface area contributed by atoms with Crippen LogP contribution in [0.25, 0.3) is 14.6 Å². The molecule has 0 atom stereocenters. The topological polar surface area (TPSA) is 4.10 Å². The Hall–Kier alpha value is -1.19. The summed E-state index contributed by atoms with van der Waals surface area (Å²) in [5, 5.41) is 2.16. The Morgan fingerprint density at radius 2 is 2.13 bits per heavy atom. The van der Waals surface area contributed by atoms with Crippen LogP contribution in [-0.2, 0) is 6.42 Å². The van der Waals surface area contributed by atoms with Gasteiger partial charge in [-0.2, -0.15) is 0 Å². The van der Waals surface area contributed by atoms with Crippen molar-refractivity contribution in [1.82, 2.24) is 0 Å². The lowest BCUT2D eigenvalue weighted by Gasteiger charge is -1.93. The molecular formula is C12H8NS2+. The molecule has 1 aromatic carbocycles. The van der Waals surface area contributed by atoms with Gasteiger partial charge in [0.2, 0.25) is 5.69 Å². The first-order chi connectivity index (χ1) is 7.43. The Kier molecular flexibility index (Phi) is 1.43. The maximum absolute atomic E-state index is 2.34. The highest BCUT2D eigenvalue weighted by molar-refractivity contribution is 7.36. The van der Waals surface area contributed by atoms with E-state index in [2.05, 4.69) is 40.2 Å². The molecule has 0 amide bonds. The van der Waals surface area contributed by atoms with Crippen LogP contribution >= 0.6 is 22.7 Å². The average molecular weight is 230 g/mol. The van der Waals surface area contributed by atoms with E-state index in [-0.39, 0.29) is 0 Å². The zero-order valence-electron chi connectivity index (χ0n) is 7.93. The highest BCUT2D eigenvalue weighted by Crippen LogP contribution is 2.40. The Labute approximate surface area is 95.3 Å². The van der Waals surface area contributed by atoms with E-state index in [0.29, 0.717) is 0 Å². The summed E-state index contributed by atoms with van der Waals surface area (Å²) < 4.78 is 3.74. The molecule has 0 spiro atoms. The van der Waals surface area contributed by atoms with Crippen molar-refractivity contribution in [1.29, 1.82) is 0 Å². The Balaban J connectivity index is 2.13. The number of hydrogen-bond acceptors (Lipinski definition) is 2. The fourth-order valence-corrected chi connectivity index (χ4v) is 4.48. The highest BCUT2D eigenvalue weighted by atomic mass is 32.2. The van der Waals surface area contributed by atoms with E-state index in [1.54, 1.807) is 0 Å². The summed E-state index contributed by atoms with van der Waals surface area (Å²) in [6.45, 7) is 0. The van der Waals surface area contributed by atoms with E-state index in [0.717, 1.165) is 6.42 Å². The second kappa shape index (κ2) is 2.68. The molecule has 1 nitrogen and oxygen atoms in total. The van der Waals surface area contributed by atoms with Gasteiger partial charge in [0.1, 0.15) is 4.88 Å². The van der Waals surface area contributed by atoms with Gasteiger partial charge in [0.25, 0.3) is 0 Å². The smallest absolute Gasteiger partial charge is 0.144 e. The van der Waals surface area contributed by atoms with Crippen molar-refractivity contribution >= 4 is 26.8 Å². The number of benzene rings is 1. The van der Waals surface area contributed by atoms with Crippen molar-refractivity contribution in [3.05, 3.63) is 47.1 Å². The summed E-state index contributed by atoms with van der Waals surface area (Å²) in [5.41, 5.74) is 4.38. The van der Waals surface area contributed by atoms with Crippen LogP contribution in [0.2, 0.25) is 0 Å². The summed E-state index contributed by atoms with van der Waals surface area (Å²) in [5.74, 6) is 0. The molecule has 0 aliphatic heterocycles. The summed E-state index contributed by atoms with van der Waals surface area (Å²) >= 11 is 3.74. The lowest BCUT2D eigenvalue weighted by molar-refractivity contribution is -0.511. The van der Waals surface area contributed by atoms with Crippen LogP contribution in [0.3, 0.4) is 0 Å². The van der Waals surface area contributed by atoms with E-state index in [1.165, 1.54) is 25.8 Å². The standard InChI is InChI=1S/C12H8NS2/c1-2-4-9-8(3-1)7-10-11(9)15-12-13(10)5-6-14-12/h1-6H,7H2/q+1. The number of rotatable bonds is 0. The maximum atomic E-state index is 2.34. The Morgan fingerprint density at radius 3 is 3.13 bits per heavy atom. The molecule has 4 rings (SSSR count). The maximum Gasteiger partial charge on any atom is 0.325 e. The quantitative estimate of drug-likeness (QED) is 0.409. The van der Waals surface area contributed by atoms with E-state index in [4.69, 9.17) is 0 Å². The van der Waals surface area contributed by atoms with E-state index >= 15 is 0 Å². The third kappa shape index (κ3) is 0.945. The molecule has 1 aliphatic carbocycles. The number of thiazole rings is 2. The Bertz CT molecular complexity index is 663. The number of fused-ring (bicyclic) bond motifs is 5. The lowest BCUT2D eigenvalue weighted by atomic mass is 10.1. The van der Waals surface area contributed by atoms with Crippen LogP contribution in [0.5, 0.6) is 0 Å². The first-order valence-corrected chi connectivity index (χ1v) is 6.62. The molecule has 1 aliphatic rings. The van der Waals surface area contributed by atoms with Crippen molar-refractivity contribution in [3.8, 4) is 10.4 Å². The van der Waals surface area contributed by atoms with E-state index in [1.807, 2.05) is 22.7 Å². The minimum absolute atomic E-state index is 1.09. The highest BCUT2D eigenvalue weighted by Gasteiger charge is 2.30. The minimum atomic E-state index is 1.09. The van der Waals surface area contributed by atoms with Crippen LogP contribution in [-0.4, -0.2) is 0 Å². The van der Waals surface area contributed by atoms with Crippen LogP contribution in [0.15, 0.2) is 35.8 Å². The molecule has 15 heavy (non-hydrogen) atoms. The SMILES string of the molecule is c1ccc2c(c1)Cc1c-2sc2scc[n+]12. The van der Waals surface area contributed by atoms with Gasteiger partial charge in [-0.25, -0.2) is 0 Å². The van der Waals surface area contributed by atoms with Crippen LogP contribution in [0.4, 0.5) is 0 Å². The number of nitrogens with zero attached hydrogens (tertiary/aromatic N) is 1. The molecule has 0 saturated carbocycles. The van der Waals surface area contributed by atoms with E-state index < -0.39 is 0 Å². The first-order valence-electron chi connectivity index (χ1n) is 4.92. The molecule has 72 valence electrons. The molecule has 2 heterocycles. The average Bonchev–Trinajstić information content (AvgIpc) is 2.87. The first kappa shape index (κ1) is 8.02. The molecule has 0 N–H and O–H groups in total. The summed E-state index contributed by atoms with van der Waals surface area (Å²) in [6.07, 6.45) is 3.27. The minimum Gasteiger partial charge on any atom is -0.144 e. The van der Waals surface area contributed by atoms with Crippen LogP contribution in [0, 0.1) is 0 Å². The van der Waals surface area contributed by atoms with Gasteiger partial charge < -0.3 is 0 Å². The van der Waals surface area contributed by atoms with Crippen molar-refractivity contribution in [2.24, 2.45) is 0 Å². The van der Waals surface area contributed by atoms with Crippen molar-refractivity contribution in [2.75, 3.05) is 0 Å². The summed E-state index contributed by atoms with van der Waals surface area (Å²) in [6, 6.07) is 8.74. The van der Waals surface area contributed by atoms with Gasteiger partial charge in [-0.15, -0.1) is 4.40 Å². The van der Waals surface area contributed by atoms with Gasteiger partial charge in [0, 0.05) is 5.56 Å². The molecule has 0 bridgehead atoms. The molecule has 0 unspecified atom stereocenters. The Morgan fingerprint density at radius 1 is 1.20 bits per heavy atom. The zero-order chi connectivity index (χ0) is 9.83. The molecular weight excluding hydrogens is 222 g/mol. The van der Waals surface area contributed by atoms with Gasteiger partial charge >= 0.3 is 4.14 Å². The van der Waals surface area contributed by atoms with Gasteiger partial charge in [-0.3, -0.25) is 0 Å². The van der Waals surface area contributed by atoms with Crippen molar-refractivity contribution < 1.29 is 4.40 Å². The third-order valence-corrected chi connectivity index (χ3v) is 5.16. The summed E-state index contributed by atoms with van der Waals surface area (Å²) in [4.78, 5) is 1.47. The van der Waals surface area contributed by atoms with Gasteiger partial charge in [0.15, 0.2) is 6.20 Å². The van der Waals surface area contributed by atoms with Gasteiger partial charge in [-0.1, -0.05) is 35.6 Å². The second-order valence-corrected chi connectivity index (χ2v) is 5.90. The van der Waals surface area contributed by atoms with Gasteiger partial charge in [-0.05, 0) is 16.9 Å². The fraction of sp³-hybridized carbons (Fsp3) is 0.0833. The number of hydrogen-bond donors (Lipinski definition) is 0. The second-order valence-electron chi connectivity index (χ2n) is 3.75. The van der Waals surface area contributed by atoms with E-state index in [9.17, 15) is 0 Å². The molecule has 0 radical (unpaired) electrons. The lowest BCUT2D eigenvalue weighted by Crippen LogP contribution is -2.19. The molecule has 3 aromatic rings. The molecule has 0 fully saturated rings. The summed E-state index contributed by atoms with van der Waals surface area (Å²) in [7, 11) is 0. The monoisotopic (exact) mass is 230 g/mol. The largest absolute Gasteiger partial charge is 0.325 e. The van der Waals surface area contributed by atoms with Crippen molar-refractivity contribution in [2.45, 2.75) is 6.42 Å². The fourth-order valence-electron chi connectivity index (χ4n) is 2.25. The third-order valence-electron chi connectivity index (χ3n) is 2.94. The molecule has 3 heteroatoms.